The molecule has 0 saturated heterocycles. The third kappa shape index (κ3) is 5.48. The molecule has 1 rings (SSSR count). The molecule has 1 atom stereocenters. The molecule has 122 valence electrons. The number of carbonyl (C=O) groups is 2. The minimum absolute atomic E-state index is 0.0919. The van der Waals surface area contributed by atoms with Crippen LogP contribution in [0.4, 0.5) is 11.4 Å². The molecule has 0 aliphatic heterocycles. The van der Waals surface area contributed by atoms with Gasteiger partial charge in [0.1, 0.15) is 0 Å². The lowest BCUT2D eigenvalue weighted by Crippen LogP contribution is -2.49. The summed E-state index contributed by atoms with van der Waals surface area (Å²) in [6.45, 7) is 11.4. The average Bonchev–Trinajstić information content (AvgIpc) is 2.41. The number of anilines is 2. The quantitative estimate of drug-likeness (QED) is 0.756. The summed E-state index contributed by atoms with van der Waals surface area (Å²) in [5, 5.41) is 8.94. The molecule has 0 fully saturated rings. The van der Waals surface area contributed by atoms with Gasteiger partial charge in [-0.05, 0) is 51.8 Å². The van der Waals surface area contributed by atoms with Crippen LogP contribution in [0.5, 0.6) is 0 Å². The van der Waals surface area contributed by atoms with Crippen molar-refractivity contribution in [3.63, 3.8) is 0 Å². The van der Waals surface area contributed by atoms with Crippen molar-refractivity contribution in [3.8, 4) is 0 Å². The highest BCUT2D eigenvalue weighted by Crippen LogP contribution is 2.20. The van der Waals surface area contributed by atoms with Gasteiger partial charge in [0.15, 0.2) is 0 Å². The molecule has 5 heteroatoms. The second kappa shape index (κ2) is 7.40. The Morgan fingerprint density at radius 1 is 1.23 bits per heavy atom. The molecule has 0 heterocycles. The van der Waals surface area contributed by atoms with E-state index in [4.69, 9.17) is 0 Å². The van der Waals surface area contributed by atoms with E-state index < -0.39 is 0 Å². The fourth-order valence-electron chi connectivity index (χ4n) is 2.03. The van der Waals surface area contributed by atoms with E-state index in [1.807, 2.05) is 26.0 Å². The van der Waals surface area contributed by atoms with E-state index in [2.05, 4.69) is 36.7 Å². The van der Waals surface area contributed by atoms with Gasteiger partial charge in [-0.2, -0.15) is 0 Å². The van der Waals surface area contributed by atoms with Crippen LogP contribution in [-0.4, -0.2) is 23.4 Å². The molecule has 0 radical (unpaired) electrons. The van der Waals surface area contributed by atoms with E-state index >= 15 is 0 Å². The molecular formula is C17H27N3O2. The Bertz CT molecular complexity index is 553. The first-order valence-electron chi connectivity index (χ1n) is 7.61. The van der Waals surface area contributed by atoms with Gasteiger partial charge in [-0.3, -0.25) is 9.59 Å². The van der Waals surface area contributed by atoms with Crippen LogP contribution in [0.15, 0.2) is 18.2 Å². The summed E-state index contributed by atoms with van der Waals surface area (Å²) in [7, 11) is 0. The van der Waals surface area contributed by atoms with Crippen LogP contribution in [0, 0.1) is 6.92 Å². The molecule has 1 aromatic rings. The summed E-state index contributed by atoms with van der Waals surface area (Å²) in [4.78, 5) is 23.5. The predicted octanol–water partition coefficient (Wildman–Crippen LogP) is 3.06. The lowest BCUT2D eigenvalue weighted by molar-refractivity contribution is -0.118. The third-order valence-electron chi connectivity index (χ3n) is 3.70. The van der Waals surface area contributed by atoms with Gasteiger partial charge in [0.05, 0.1) is 6.04 Å². The van der Waals surface area contributed by atoms with Crippen molar-refractivity contribution >= 4 is 23.2 Å². The maximum absolute atomic E-state index is 12.3. The first kappa shape index (κ1) is 18.2. The molecule has 0 spiro atoms. The van der Waals surface area contributed by atoms with E-state index in [0.29, 0.717) is 11.4 Å². The molecule has 22 heavy (non-hydrogen) atoms. The zero-order valence-electron chi connectivity index (χ0n) is 14.3. The first-order valence-corrected chi connectivity index (χ1v) is 7.61. The molecule has 0 unspecified atom stereocenters. The SMILES string of the molecule is CCC(C)(C)N[C@H](C)C(=O)Nc1ccc(C)c(NC(C)=O)c1. The second-order valence-electron chi connectivity index (χ2n) is 6.30. The van der Waals surface area contributed by atoms with E-state index in [1.54, 1.807) is 6.07 Å². The number of rotatable bonds is 6. The Morgan fingerprint density at radius 2 is 1.86 bits per heavy atom. The largest absolute Gasteiger partial charge is 0.326 e. The summed E-state index contributed by atoms with van der Waals surface area (Å²) < 4.78 is 0. The van der Waals surface area contributed by atoms with Gasteiger partial charge in [0.2, 0.25) is 11.8 Å². The van der Waals surface area contributed by atoms with Crippen LogP contribution in [0.3, 0.4) is 0 Å². The first-order chi connectivity index (χ1) is 10.1. The van der Waals surface area contributed by atoms with Crippen molar-refractivity contribution in [1.29, 1.82) is 0 Å². The van der Waals surface area contributed by atoms with Gasteiger partial charge in [0.25, 0.3) is 0 Å². The molecule has 5 nitrogen and oxygen atoms in total. The van der Waals surface area contributed by atoms with Crippen LogP contribution < -0.4 is 16.0 Å². The monoisotopic (exact) mass is 305 g/mol. The van der Waals surface area contributed by atoms with Crippen molar-refractivity contribution < 1.29 is 9.59 Å². The standard InChI is InChI=1S/C17H27N3O2/c1-7-17(5,6)20-12(3)16(22)19-14-9-8-11(2)15(10-14)18-13(4)21/h8-10,12,20H,7H2,1-6H3,(H,18,21)(H,19,22)/t12-/m1/s1. The van der Waals surface area contributed by atoms with E-state index in [-0.39, 0.29) is 23.4 Å². The number of hydrogen-bond donors (Lipinski definition) is 3. The van der Waals surface area contributed by atoms with Gasteiger partial charge in [-0.1, -0.05) is 13.0 Å². The fourth-order valence-corrected chi connectivity index (χ4v) is 2.03. The van der Waals surface area contributed by atoms with Gasteiger partial charge < -0.3 is 16.0 Å². The summed E-state index contributed by atoms with van der Waals surface area (Å²) in [6.07, 6.45) is 0.932. The Labute approximate surface area is 132 Å². The molecule has 2 amide bonds. The zero-order valence-corrected chi connectivity index (χ0v) is 14.3. The number of amides is 2. The number of benzene rings is 1. The summed E-state index contributed by atoms with van der Waals surface area (Å²) in [5.41, 5.74) is 2.24. The van der Waals surface area contributed by atoms with E-state index in [1.165, 1.54) is 6.92 Å². The van der Waals surface area contributed by atoms with Crippen molar-refractivity contribution in [2.45, 2.75) is 59.5 Å². The normalized spacial score (nSPS) is 12.6. The van der Waals surface area contributed by atoms with E-state index in [0.717, 1.165) is 12.0 Å². The number of hydrogen-bond acceptors (Lipinski definition) is 3. The molecule has 0 aliphatic rings. The third-order valence-corrected chi connectivity index (χ3v) is 3.70. The van der Waals surface area contributed by atoms with Crippen LogP contribution in [0.2, 0.25) is 0 Å². The zero-order chi connectivity index (χ0) is 16.9. The molecular weight excluding hydrogens is 278 g/mol. The van der Waals surface area contributed by atoms with E-state index in [9.17, 15) is 9.59 Å². The predicted molar refractivity (Wildman–Crippen MR) is 91.1 cm³/mol. The summed E-state index contributed by atoms with van der Waals surface area (Å²) in [5.74, 6) is -0.231. The Balaban J connectivity index is 2.78. The lowest BCUT2D eigenvalue weighted by atomic mass is 10.0. The van der Waals surface area contributed by atoms with Crippen LogP contribution >= 0.6 is 0 Å². The highest BCUT2D eigenvalue weighted by Gasteiger charge is 2.22. The topological polar surface area (TPSA) is 70.2 Å². The minimum Gasteiger partial charge on any atom is -0.326 e. The van der Waals surface area contributed by atoms with Crippen molar-refractivity contribution in [3.05, 3.63) is 23.8 Å². The Hall–Kier alpha value is -1.88. The summed E-state index contributed by atoms with van der Waals surface area (Å²) >= 11 is 0. The van der Waals surface area contributed by atoms with Crippen LogP contribution in [-0.2, 0) is 9.59 Å². The van der Waals surface area contributed by atoms with Gasteiger partial charge in [0, 0.05) is 23.8 Å². The smallest absolute Gasteiger partial charge is 0.241 e. The second-order valence-corrected chi connectivity index (χ2v) is 6.30. The van der Waals surface area contributed by atoms with Crippen molar-refractivity contribution in [2.24, 2.45) is 0 Å². The van der Waals surface area contributed by atoms with Gasteiger partial charge in [-0.25, -0.2) is 0 Å². The number of aryl methyl sites for hydroxylation is 1. The Kier molecular flexibility index (Phi) is 6.11. The highest BCUT2D eigenvalue weighted by molar-refractivity contribution is 5.96. The van der Waals surface area contributed by atoms with Crippen LogP contribution in [0.25, 0.3) is 0 Å². The molecule has 3 N–H and O–H groups in total. The van der Waals surface area contributed by atoms with Gasteiger partial charge >= 0.3 is 0 Å². The number of nitrogens with one attached hydrogen (secondary N) is 3. The maximum atomic E-state index is 12.3. The minimum atomic E-state index is -0.305. The maximum Gasteiger partial charge on any atom is 0.241 e. The number of carbonyl (C=O) groups excluding carboxylic acids is 2. The summed E-state index contributed by atoms with van der Waals surface area (Å²) in [6, 6.07) is 5.16. The molecule has 1 aromatic carbocycles. The lowest BCUT2D eigenvalue weighted by Gasteiger charge is -2.28. The average molecular weight is 305 g/mol. The highest BCUT2D eigenvalue weighted by atomic mass is 16.2. The molecule has 0 saturated carbocycles. The van der Waals surface area contributed by atoms with Gasteiger partial charge in [-0.15, -0.1) is 0 Å². The molecule has 0 bridgehead atoms. The molecule has 0 aromatic heterocycles. The fraction of sp³-hybridized carbons (Fsp3) is 0.529. The van der Waals surface area contributed by atoms with Crippen molar-refractivity contribution in [2.75, 3.05) is 10.6 Å². The molecule has 0 aliphatic carbocycles. The van der Waals surface area contributed by atoms with Crippen LogP contribution in [0.1, 0.15) is 46.6 Å². The Morgan fingerprint density at radius 3 is 2.41 bits per heavy atom. The van der Waals surface area contributed by atoms with Crippen molar-refractivity contribution in [1.82, 2.24) is 5.32 Å².